The van der Waals surface area contributed by atoms with E-state index in [1.165, 1.54) is 12.3 Å². The zero-order chi connectivity index (χ0) is 19.3. The van der Waals surface area contributed by atoms with Gasteiger partial charge in [-0.1, -0.05) is 18.2 Å². The van der Waals surface area contributed by atoms with E-state index in [1.54, 1.807) is 30.3 Å². The Balaban J connectivity index is 1.39. The van der Waals surface area contributed by atoms with Crippen LogP contribution in [0.1, 0.15) is 33.7 Å². The molecule has 1 aliphatic rings. The summed E-state index contributed by atoms with van der Waals surface area (Å²) in [6.07, 6.45) is 3.48. The first-order valence-corrected chi connectivity index (χ1v) is 9.08. The largest absolute Gasteiger partial charge is 0.457 e. The van der Waals surface area contributed by atoms with E-state index in [9.17, 15) is 9.59 Å². The second-order valence-electron chi connectivity index (χ2n) is 6.57. The lowest BCUT2D eigenvalue weighted by Crippen LogP contribution is -2.26. The highest BCUT2D eigenvalue weighted by Gasteiger charge is 2.24. The fourth-order valence-corrected chi connectivity index (χ4v) is 2.62. The molecule has 0 aliphatic heterocycles. The molecule has 0 saturated heterocycles. The Morgan fingerprint density at radius 2 is 1.61 bits per heavy atom. The highest BCUT2D eigenvalue weighted by atomic mass is 16.5. The van der Waals surface area contributed by atoms with Crippen LogP contribution in [0, 0.1) is 0 Å². The van der Waals surface area contributed by atoms with Crippen molar-refractivity contribution >= 4 is 17.5 Å². The van der Waals surface area contributed by atoms with E-state index in [0.29, 0.717) is 17.0 Å². The molecule has 0 unspecified atom stereocenters. The van der Waals surface area contributed by atoms with Crippen molar-refractivity contribution in [3.05, 3.63) is 84.2 Å². The lowest BCUT2D eigenvalue weighted by atomic mass is 10.2. The summed E-state index contributed by atoms with van der Waals surface area (Å²) in [5.41, 5.74) is 1.23. The quantitative estimate of drug-likeness (QED) is 0.684. The summed E-state index contributed by atoms with van der Waals surface area (Å²) < 4.78 is 5.73. The molecule has 6 nitrogen and oxygen atoms in total. The van der Waals surface area contributed by atoms with Gasteiger partial charge in [0.05, 0.1) is 0 Å². The summed E-state index contributed by atoms with van der Waals surface area (Å²) in [7, 11) is 0. The molecule has 2 aromatic carbocycles. The van der Waals surface area contributed by atoms with Gasteiger partial charge in [0.25, 0.3) is 11.8 Å². The van der Waals surface area contributed by atoms with E-state index >= 15 is 0 Å². The van der Waals surface area contributed by atoms with Gasteiger partial charge in [0.2, 0.25) is 0 Å². The zero-order valence-electron chi connectivity index (χ0n) is 15.1. The molecule has 1 heterocycles. The highest BCUT2D eigenvalue weighted by molar-refractivity contribution is 6.04. The average molecular weight is 373 g/mol. The van der Waals surface area contributed by atoms with Crippen molar-refractivity contribution in [2.24, 2.45) is 0 Å². The topological polar surface area (TPSA) is 80.3 Å². The maximum absolute atomic E-state index is 12.5. The maximum Gasteiger partial charge on any atom is 0.274 e. The number of carbonyl (C=O) groups excluding carboxylic acids is 2. The van der Waals surface area contributed by atoms with Crippen LogP contribution in [-0.2, 0) is 0 Å². The summed E-state index contributed by atoms with van der Waals surface area (Å²) in [5, 5.41) is 5.68. The van der Waals surface area contributed by atoms with Crippen LogP contribution in [0.3, 0.4) is 0 Å². The lowest BCUT2D eigenvalue weighted by Gasteiger charge is -2.09. The molecule has 1 aromatic heterocycles. The van der Waals surface area contributed by atoms with Gasteiger partial charge in [-0.2, -0.15) is 0 Å². The standard InChI is InChI=1S/C22H19N3O3/c26-21(24-16-6-7-16)15-12-13-23-20(14-15)22(27)25-17-8-10-19(11-9-17)28-18-4-2-1-3-5-18/h1-5,8-14,16H,6-7H2,(H,24,26)(H,25,27). The van der Waals surface area contributed by atoms with Crippen LogP contribution in [0.4, 0.5) is 5.69 Å². The van der Waals surface area contributed by atoms with Crippen molar-refractivity contribution < 1.29 is 14.3 Å². The Morgan fingerprint density at radius 1 is 0.893 bits per heavy atom. The number of nitrogens with zero attached hydrogens (tertiary/aromatic N) is 1. The van der Waals surface area contributed by atoms with E-state index in [-0.39, 0.29) is 23.6 Å². The van der Waals surface area contributed by atoms with E-state index in [2.05, 4.69) is 15.6 Å². The Bertz CT molecular complexity index is 983. The fourth-order valence-electron chi connectivity index (χ4n) is 2.62. The first-order valence-electron chi connectivity index (χ1n) is 9.08. The first-order chi connectivity index (χ1) is 13.7. The van der Waals surface area contributed by atoms with Crippen molar-refractivity contribution in [1.82, 2.24) is 10.3 Å². The third kappa shape index (κ3) is 4.54. The summed E-state index contributed by atoms with van der Waals surface area (Å²) >= 11 is 0. The number of anilines is 1. The molecule has 140 valence electrons. The molecule has 0 bridgehead atoms. The molecule has 28 heavy (non-hydrogen) atoms. The Labute approximate surface area is 162 Å². The predicted molar refractivity (Wildman–Crippen MR) is 106 cm³/mol. The molecule has 0 spiro atoms. The number of para-hydroxylation sites is 1. The molecule has 6 heteroatoms. The minimum atomic E-state index is -0.377. The number of ether oxygens (including phenoxy) is 1. The molecule has 2 amide bonds. The van der Waals surface area contributed by atoms with E-state index in [0.717, 1.165) is 18.6 Å². The van der Waals surface area contributed by atoms with E-state index in [4.69, 9.17) is 4.74 Å². The van der Waals surface area contributed by atoms with Crippen LogP contribution >= 0.6 is 0 Å². The van der Waals surface area contributed by atoms with E-state index in [1.807, 2.05) is 30.3 Å². The second kappa shape index (κ2) is 7.92. The third-order valence-electron chi connectivity index (χ3n) is 4.26. The number of benzene rings is 2. The number of pyridine rings is 1. The van der Waals surface area contributed by atoms with Crippen molar-refractivity contribution in [3.63, 3.8) is 0 Å². The molecule has 4 rings (SSSR count). The second-order valence-corrected chi connectivity index (χ2v) is 6.57. The average Bonchev–Trinajstić information content (AvgIpc) is 3.54. The van der Waals surface area contributed by atoms with Gasteiger partial charge in [-0.15, -0.1) is 0 Å². The minimum Gasteiger partial charge on any atom is -0.457 e. The number of rotatable bonds is 6. The molecule has 3 aromatic rings. The van der Waals surface area contributed by atoms with E-state index < -0.39 is 0 Å². The fraction of sp³-hybridized carbons (Fsp3) is 0.136. The van der Waals surface area contributed by atoms with Crippen LogP contribution in [0.25, 0.3) is 0 Å². The molecule has 1 fully saturated rings. The number of hydrogen-bond donors (Lipinski definition) is 2. The smallest absolute Gasteiger partial charge is 0.274 e. The number of amides is 2. The Kier molecular flexibility index (Phi) is 5.01. The highest BCUT2D eigenvalue weighted by Crippen LogP contribution is 2.23. The SMILES string of the molecule is O=C(NC1CC1)c1ccnc(C(=O)Nc2ccc(Oc3ccccc3)cc2)c1. The van der Waals surface area contributed by atoms with Gasteiger partial charge in [-0.05, 0) is 61.4 Å². The van der Waals surface area contributed by atoms with Crippen LogP contribution in [-0.4, -0.2) is 22.8 Å². The Hall–Kier alpha value is -3.67. The normalized spacial score (nSPS) is 12.9. The molecular formula is C22H19N3O3. The van der Waals surface area contributed by atoms with Crippen LogP contribution in [0.5, 0.6) is 11.5 Å². The third-order valence-corrected chi connectivity index (χ3v) is 4.26. The van der Waals surface area contributed by atoms with Crippen molar-refractivity contribution in [3.8, 4) is 11.5 Å². The molecule has 0 atom stereocenters. The van der Waals surface area contributed by atoms with Gasteiger partial charge in [-0.3, -0.25) is 14.6 Å². The summed E-state index contributed by atoms with van der Waals surface area (Å²) in [5.74, 6) is 0.852. The van der Waals surface area contributed by atoms with Gasteiger partial charge < -0.3 is 15.4 Å². The Morgan fingerprint density at radius 3 is 2.32 bits per heavy atom. The van der Waals surface area contributed by atoms with Gasteiger partial charge in [0.1, 0.15) is 17.2 Å². The maximum atomic E-state index is 12.5. The van der Waals surface area contributed by atoms with Gasteiger partial charge in [-0.25, -0.2) is 0 Å². The molecule has 1 aliphatic carbocycles. The van der Waals surface area contributed by atoms with Crippen LogP contribution in [0.15, 0.2) is 72.9 Å². The van der Waals surface area contributed by atoms with Gasteiger partial charge >= 0.3 is 0 Å². The number of hydrogen-bond acceptors (Lipinski definition) is 4. The minimum absolute atomic E-state index is 0.179. The summed E-state index contributed by atoms with van der Waals surface area (Å²) in [6.45, 7) is 0. The molecular weight excluding hydrogens is 354 g/mol. The molecule has 1 saturated carbocycles. The number of aromatic nitrogens is 1. The number of carbonyl (C=O) groups is 2. The zero-order valence-corrected chi connectivity index (χ0v) is 15.1. The number of nitrogens with one attached hydrogen (secondary N) is 2. The van der Waals surface area contributed by atoms with Crippen molar-refractivity contribution in [2.45, 2.75) is 18.9 Å². The van der Waals surface area contributed by atoms with Gasteiger partial charge in [0, 0.05) is 23.5 Å². The van der Waals surface area contributed by atoms with Crippen LogP contribution < -0.4 is 15.4 Å². The summed E-state index contributed by atoms with van der Waals surface area (Å²) in [6, 6.07) is 19.9. The molecule has 0 radical (unpaired) electrons. The summed E-state index contributed by atoms with van der Waals surface area (Å²) in [4.78, 5) is 28.7. The first kappa shape index (κ1) is 17.7. The van der Waals surface area contributed by atoms with Gasteiger partial charge in [0.15, 0.2) is 0 Å². The van der Waals surface area contributed by atoms with Crippen molar-refractivity contribution in [2.75, 3.05) is 5.32 Å². The monoisotopic (exact) mass is 373 g/mol. The predicted octanol–water partition coefficient (Wildman–Crippen LogP) is 4.02. The molecule has 2 N–H and O–H groups in total. The van der Waals surface area contributed by atoms with Crippen LogP contribution in [0.2, 0.25) is 0 Å². The van der Waals surface area contributed by atoms with Crippen molar-refractivity contribution in [1.29, 1.82) is 0 Å². The lowest BCUT2D eigenvalue weighted by molar-refractivity contribution is 0.0951.